The van der Waals surface area contributed by atoms with Crippen LogP contribution in [-0.2, 0) is 14.8 Å². The molecule has 1 unspecified atom stereocenters. The van der Waals surface area contributed by atoms with Gasteiger partial charge in [-0.25, -0.2) is 22.9 Å². The SMILES string of the molecule is COC(=O)c1ncsc1S(=O)(=O)NC(C)CN(C)C. The van der Waals surface area contributed by atoms with Crippen LogP contribution in [0.15, 0.2) is 9.72 Å². The number of thiazole rings is 1. The number of hydrogen-bond acceptors (Lipinski definition) is 7. The highest BCUT2D eigenvalue weighted by Crippen LogP contribution is 2.20. The number of aromatic nitrogens is 1. The molecule has 0 bridgehead atoms. The number of esters is 1. The van der Waals surface area contributed by atoms with E-state index in [9.17, 15) is 13.2 Å². The molecule has 0 saturated heterocycles. The first kappa shape index (κ1) is 16.0. The normalized spacial score (nSPS) is 13.5. The Labute approximate surface area is 116 Å². The summed E-state index contributed by atoms with van der Waals surface area (Å²) in [5.74, 6) is -0.762. The molecule has 0 fully saturated rings. The van der Waals surface area contributed by atoms with Crippen molar-refractivity contribution in [3.8, 4) is 0 Å². The summed E-state index contributed by atoms with van der Waals surface area (Å²) in [7, 11) is 1.10. The molecule has 0 amide bonds. The van der Waals surface area contributed by atoms with Crippen molar-refractivity contribution in [2.24, 2.45) is 0 Å². The molecule has 0 aliphatic rings. The predicted octanol–water partition coefficient (Wildman–Crippen LogP) is 0.158. The second kappa shape index (κ2) is 6.42. The van der Waals surface area contributed by atoms with Gasteiger partial charge in [-0.2, -0.15) is 0 Å². The van der Waals surface area contributed by atoms with Crippen molar-refractivity contribution in [3.05, 3.63) is 11.2 Å². The molecule has 1 N–H and O–H groups in total. The minimum absolute atomic E-state index is 0.120. The van der Waals surface area contributed by atoms with E-state index >= 15 is 0 Å². The molecule has 1 rings (SSSR count). The van der Waals surface area contributed by atoms with Crippen LogP contribution in [0.1, 0.15) is 17.4 Å². The first-order valence-corrected chi connectivity index (χ1v) is 7.83. The van der Waals surface area contributed by atoms with Gasteiger partial charge in [-0.1, -0.05) is 0 Å². The first-order chi connectivity index (χ1) is 8.77. The van der Waals surface area contributed by atoms with Gasteiger partial charge in [0.1, 0.15) is 0 Å². The molecular formula is C10H17N3O4S2. The molecule has 0 aromatic carbocycles. The van der Waals surface area contributed by atoms with E-state index in [1.807, 2.05) is 19.0 Å². The summed E-state index contributed by atoms with van der Waals surface area (Å²) in [6, 6.07) is -0.285. The number of carbonyl (C=O) groups is 1. The molecule has 9 heteroatoms. The first-order valence-electron chi connectivity index (χ1n) is 5.46. The number of methoxy groups -OCH3 is 1. The molecule has 1 aromatic heterocycles. The summed E-state index contributed by atoms with van der Waals surface area (Å²) < 4.78 is 31.2. The molecule has 0 saturated carbocycles. The molecule has 7 nitrogen and oxygen atoms in total. The van der Waals surface area contributed by atoms with Gasteiger partial charge in [-0.3, -0.25) is 0 Å². The highest BCUT2D eigenvalue weighted by molar-refractivity contribution is 7.91. The van der Waals surface area contributed by atoms with Crippen molar-refractivity contribution in [2.75, 3.05) is 27.7 Å². The maximum Gasteiger partial charge on any atom is 0.358 e. The average Bonchev–Trinajstić information content (AvgIpc) is 2.75. The van der Waals surface area contributed by atoms with Gasteiger partial charge in [0.25, 0.3) is 10.0 Å². The Morgan fingerprint density at radius 3 is 2.74 bits per heavy atom. The lowest BCUT2D eigenvalue weighted by Crippen LogP contribution is -2.39. The van der Waals surface area contributed by atoms with Gasteiger partial charge in [0, 0.05) is 12.6 Å². The van der Waals surface area contributed by atoms with Crippen LogP contribution in [-0.4, -0.2) is 58.1 Å². The summed E-state index contributed by atoms with van der Waals surface area (Å²) in [4.78, 5) is 17.0. The van der Waals surface area contributed by atoms with Crippen LogP contribution in [0.3, 0.4) is 0 Å². The topological polar surface area (TPSA) is 88.6 Å². The zero-order valence-corrected chi connectivity index (χ0v) is 12.8. The van der Waals surface area contributed by atoms with E-state index in [2.05, 4.69) is 14.4 Å². The Hall–Kier alpha value is -1.03. The summed E-state index contributed by atoms with van der Waals surface area (Å²) in [6.07, 6.45) is 0. The minimum atomic E-state index is -3.77. The Kier molecular flexibility index (Phi) is 5.41. The lowest BCUT2D eigenvalue weighted by molar-refractivity contribution is 0.0590. The summed E-state index contributed by atoms with van der Waals surface area (Å²) in [5.41, 5.74) is 1.12. The van der Waals surface area contributed by atoms with Crippen LogP contribution in [0.5, 0.6) is 0 Å². The number of sulfonamides is 1. The van der Waals surface area contributed by atoms with E-state index in [1.54, 1.807) is 6.92 Å². The number of hydrogen-bond donors (Lipinski definition) is 1. The summed E-state index contributed by atoms with van der Waals surface area (Å²) in [6.45, 7) is 2.29. The molecular weight excluding hydrogens is 290 g/mol. The molecule has 1 atom stereocenters. The van der Waals surface area contributed by atoms with E-state index < -0.39 is 16.0 Å². The molecule has 0 aliphatic heterocycles. The van der Waals surface area contributed by atoms with E-state index in [0.29, 0.717) is 6.54 Å². The van der Waals surface area contributed by atoms with Crippen molar-refractivity contribution in [3.63, 3.8) is 0 Å². The zero-order chi connectivity index (χ0) is 14.6. The van der Waals surface area contributed by atoms with Crippen molar-refractivity contribution in [2.45, 2.75) is 17.2 Å². The maximum absolute atomic E-state index is 12.2. The van der Waals surface area contributed by atoms with Crippen molar-refractivity contribution in [1.29, 1.82) is 0 Å². The van der Waals surface area contributed by atoms with Crippen molar-refractivity contribution < 1.29 is 17.9 Å². The van der Waals surface area contributed by atoms with Gasteiger partial charge in [-0.05, 0) is 21.0 Å². The number of nitrogens with zero attached hydrogens (tertiary/aromatic N) is 2. The van der Waals surface area contributed by atoms with Crippen LogP contribution in [0.2, 0.25) is 0 Å². The molecule has 19 heavy (non-hydrogen) atoms. The Morgan fingerprint density at radius 1 is 1.58 bits per heavy atom. The second-order valence-corrected chi connectivity index (χ2v) is 7.03. The van der Waals surface area contributed by atoms with Crippen LogP contribution in [0.25, 0.3) is 0 Å². The van der Waals surface area contributed by atoms with Gasteiger partial charge < -0.3 is 9.64 Å². The van der Waals surface area contributed by atoms with Crippen LogP contribution in [0, 0.1) is 0 Å². The fourth-order valence-corrected chi connectivity index (χ4v) is 3.95. The van der Waals surface area contributed by atoms with Crippen LogP contribution < -0.4 is 4.72 Å². The lowest BCUT2D eigenvalue weighted by atomic mass is 10.3. The third-order valence-electron chi connectivity index (χ3n) is 2.15. The van der Waals surface area contributed by atoms with Gasteiger partial charge in [0.2, 0.25) is 0 Å². The minimum Gasteiger partial charge on any atom is -0.464 e. The highest BCUT2D eigenvalue weighted by Gasteiger charge is 2.27. The predicted molar refractivity (Wildman–Crippen MR) is 71.8 cm³/mol. The Morgan fingerprint density at radius 2 is 2.21 bits per heavy atom. The van der Waals surface area contributed by atoms with E-state index in [1.165, 1.54) is 12.6 Å². The number of carbonyl (C=O) groups excluding carboxylic acids is 1. The molecule has 0 aliphatic carbocycles. The average molecular weight is 307 g/mol. The summed E-state index contributed by atoms with van der Waals surface area (Å²) >= 11 is 0.885. The monoisotopic (exact) mass is 307 g/mol. The number of likely N-dealkylation sites (N-methyl/N-ethyl adjacent to an activating group) is 1. The van der Waals surface area contributed by atoms with Crippen LogP contribution in [0.4, 0.5) is 0 Å². The molecule has 1 heterocycles. The summed E-state index contributed by atoms with van der Waals surface area (Å²) in [5, 5.41) is 0. The van der Waals surface area contributed by atoms with E-state index in [-0.39, 0.29) is 15.9 Å². The number of ether oxygens (including phenoxy) is 1. The van der Waals surface area contributed by atoms with Crippen molar-refractivity contribution in [1.82, 2.24) is 14.6 Å². The van der Waals surface area contributed by atoms with E-state index in [0.717, 1.165) is 11.3 Å². The molecule has 1 aromatic rings. The lowest BCUT2D eigenvalue weighted by Gasteiger charge is -2.17. The standard InChI is InChI=1S/C10H17N3O4S2/c1-7(5-13(2)3)12-19(15,16)10-8(9(14)17-4)11-6-18-10/h6-7,12H,5H2,1-4H3. The molecule has 0 radical (unpaired) electrons. The fraction of sp³-hybridized carbons (Fsp3) is 0.600. The van der Waals surface area contributed by atoms with E-state index in [4.69, 9.17) is 0 Å². The fourth-order valence-electron chi connectivity index (χ4n) is 1.56. The smallest absolute Gasteiger partial charge is 0.358 e. The largest absolute Gasteiger partial charge is 0.464 e. The third kappa shape index (κ3) is 4.23. The Bertz CT molecular complexity index is 539. The van der Waals surface area contributed by atoms with Crippen molar-refractivity contribution >= 4 is 27.3 Å². The van der Waals surface area contributed by atoms with Crippen LogP contribution >= 0.6 is 11.3 Å². The van der Waals surface area contributed by atoms with Gasteiger partial charge in [0.15, 0.2) is 9.90 Å². The van der Waals surface area contributed by atoms with Gasteiger partial charge >= 0.3 is 5.97 Å². The highest BCUT2D eigenvalue weighted by atomic mass is 32.2. The quantitative estimate of drug-likeness (QED) is 0.753. The number of rotatable bonds is 6. The molecule has 108 valence electrons. The Balaban J connectivity index is 2.95. The number of nitrogens with one attached hydrogen (secondary N) is 1. The second-order valence-electron chi connectivity index (χ2n) is 4.26. The third-order valence-corrected chi connectivity index (χ3v) is 5.11. The van der Waals surface area contributed by atoms with Gasteiger partial charge in [0.05, 0.1) is 12.6 Å². The molecule has 0 spiro atoms. The van der Waals surface area contributed by atoms with Gasteiger partial charge in [-0.15, -0.1) is 11.3 Å². The maximum atomic E-state index is 12.2. The zero-order valence-electron chi connectivity index (χ0n) is 11.2.